The molecule has 1 rings (SSSR count). The number of aliphatic hydroxyl groups excluding tert-OH is 5. The van der Waals surface area contributed by atoms with Gasteiger partial charge in [-0.2, -0.15) is 0 Å². The molecule has 7 unspecified atom stereocenters. The molecule has 0 radical (unpaired) electrons. The lowest BCUT2D eigenvalue weighted by Crippen LogP contribution is -2.60. The van der Waals surface area contributed by atoms with Crippen molar-refractivity contribution in [3.63, 3.8) is 0 Å². The predicted molar refractivity (Wildman–Crippen MR) is 226 cm³/mol. The number of rotatable bonds is 40. The number of ether oxygens (including phenoxy) is 2. The first-order chi connectivity index (χ1) is 26.8. The zero-order chi connectivity index (χ0) is 40.2. The lowest BCUT2D eigenvalue weighted by molar-refractivity contribution is -0.302. The van der Waals surface area contributed by atoms with Crippen LogP contribution in [0, 0.1) is 0 Å². The molecule has 1 saturated heterocycles. The number of unbranched alkanes of at least 4 members (excludes halogenated alkanes) is 30. The van der Waals surface area contributed by atoms with Crippen LogP contribution in [0.25, 0.3) is 0 Å². The lowest BCUT2D eigenvalue weighted by Gasteiger charge is -2.40. The minimum atomic E-state index is -1.55. The van der Waals surface area contributed by atoms with Crippen LogP contribution in [0.1, 0.15) is 232 Å². The molecular weight excluding hydrogens is 695 g/mol. The Morgan fingerprint density at radius 1 is 0.545 bits per heavy atom. The van der Waals surface area contributed by atoms with E-state index in [4.69, 9.17) is 9.47 Å². The lowest BCUT2D eigenvalue weighted by atomic mass is 9.99. The molecule has 0 saturated carbocycles. The van der Waals surface area contributed by atoms with Gasteiger partial charge in [-0.05, 0) is 12.8 Å². The molecule has 9 nitrogen and oxygen atoms in total. The highest BCUT2D eigenvalue weighted by Crippen LogP contribution is 2.23. The topological polar surface area (TPSA) is 149 Å². The Morgan fingerprint density at radius 2 is 0.909 bits per heavy atom. The molecule has 1 heterocycles. The Kier molecular flexibility index (Phi) is 35.6. The average Bonchev–Trinajstić information content (AvgIpc) is 3.18. The number of aliphatic hydroxyl groups is 5. The number of hydrogen-bond donors (Lipinski definition) is 6. The second-order valence-corrected chi connectivity index (χ2v) is 16.9. The van der Waals surface area contributed by atoms with E-state index in [1.807, 2.05) is 0 Å². The van der Waals surface area contributed by atoms with Gasteiger partial charge >= 0.3 is 0 Å². The van der Waals surface area contributed by atoms with Gasteiger partial charge in [0, 0.05) is 6.42 Å². The first kappa shape index (κ1) is 52.2. The second kappa shape index (κ2) is 37.5. The molecule has 0 spiro atoms. The van der Waals surface area contributed by atoms with Gasteiger partial charge in [0.15, 0.2) is 6.29 Å². The highest BCUT2D eigenvalue weighted by Gasteiger charge is 2.44. The zero-order valence-electron chi connectivity index (χ0n) is 36.0. The van der Waals surface area contributed by atoms with Crippen molar-refractivity contribution in [2.24, 2.45) is 0 Å². The first-order valence-electron chi connectivity index (χ1n) is 23.7. The molecule has 0 aromatic heterocycles. The maximum absolute atomic E-state index is 12.9. The third-order valence-corrected chi connectivity index (χ3v) is 11.7. The van der Waals surface area contributed by atoms with Gasteiger partial charge in [0.2, 0.25) is 5.91 Å². The van der Waals surface area contributed by atoms with Crippen LogP contribution in [0.2, 0.25) is 0 Å². The van der Waals surface area contributed by atoms with Gasteiger partial charge in [-0.3, -0.25) is 4.79 Å². The largest absolute Gasteiger partial charge is 0.394 e. The summed E-state index contributed by atoms with van der Waals surface area (Å²) in [5, 5.41) is 54.0. The van der Waals surface area contributed by atoms with Crippen molar-refractivity contribution in [2.45, 2.75) is 275 Å². The number of hydrogen-bond acceptors (Lipinski definition) is 8. The van der Waals surface area contributed by atoms with Crippen molar-refractivity contribution < 1.29 is 39.8 Å². The predicted octanol–water partition coefficient (Wildman–Crippen LogP) is 9.95. The van der Waals surface area contributed by atoms with Gasteiger partial charge in [0.05, 0.1) is 25.4 Å². The molecule has 6 N–H and O–H groups in total. The van der Waals surface area contributed by atoms with Gasteiger partial charge < -0.3 is 40.3 Å². The molecule has 1 aliphatic heterocycles. The van der Waals surface area contributed by atoms with Gasteiger partial charge in [-0.1, -0.05) is 213 Å². The molecule has 0 aromatic rings. The highest BCUT2D eigenvalue weighted by molar-refractivity contribution is 5.76. The van der Waals surface area contributed by atoms with Crippen LogP contribution in [-0.2, 0) is 14.3 Å². The summed E-state index contributed by atoms with van der Waals surface area (Å²) in [5.41, 5.74) is 0. The molecule has 7 atom stereocenters. The summed E-state index contributed by atoms with van der Waals surface area (Å²) >= 11 is 0. The standard InChI is InChI=1S/C46H91NO8/c1-3-5-7-9-11-12-13-14-15-16-17-18-19-20-21-22-23-24-25-26-27-28-29-30-32-34-36-42(50)47-39(40(49)35-33-31-10-8-6-4-2)38-54-46-45(53)44(52)43(51)41(37-48)55-46/h39-41,43-46,48-49,51-53H,3-38H2,1-2H3,(H,47,50). The average molecular weight is 786 g/mol. The fraction of sp³-hybridized carbons (Fsp3) is 0.978. The van der Waals surface area contributed by atoms with Gasteiger partial charge in [-0.25, -0.2) is 0 Å². The SMILES string of the molecule is CCCCCCCCCCCCCCCCCCCCCCCCCCCCC(=O)NC(COC1OC(CO)C(O)C(O)C1O)C(O)CCCCCCCC. The van der Waals surface area contributed by atoms with E-state index in [0.717, 1.165) is 38.5 Å². The van der Waals surface area contributed by atoms with E-state index >= 15 is 0 Å². The third-order valence-electron chi connectivity index (χ3n) is 11.7. The Balaban J connectivity index is 2.09. The summed E-state index contributed by atoms with van der Waals surface area (Å²) in [6.07, 6.45) is 34.5. The fourth-order valence-corrected chi connectivity index (χ4v) is 7.87. The van der Waals surface area contributed by atoms with E-state index in [0.29, 0.717) is 12.8 Å². The Bertz CT molecular complexity index is 832. The normalized spacial score (nSPS) is 21.2. The molecule has 1 aliphatic rings. The molecule has 1 amide bonds. The minimum Gasteiger partial charge on any atom is -0.394 e. The van der Waals surface area contributed by atoms with E-state index in [1.165, 1.54) is 167 Å². The van der Waals surface area contributed by atoms with Crippen molar-refractivity contribution in [3.8, 4) is 0 Å². The molecule has 1 fully saturated rings. The quantitative estimate of drug-likeness (QED) is 0.0337. The summed E-state index contributed by atoms with van der Waals surface area (Å²) in [4.78, 5) is 12.9. The number of carbonyl (C=O) groups excluding carboxylic acids is 1. The van der Waals surface area contributed by atoms with E-state index < -0.39 is 49.5 Å². The molecular formula is C46H91NO8. The molecule has 55 heavy (non-hydrogen) atoms. The van der Waals surface area contributed by atoms with Crippen LogP contribution in [0.5, 0.6) is 0 Å². The zero-order valence-corrected chi connectivity index (χ0v) is 36.0. The van der Waals surface area contributed by atoms with Gasteiger partial charge in [0.25, 0.3) is 0 Å². The smallest absolute Gasteiger partial charge is 0.220 e. The Hall–Kier alpha value is -0.810. The number of carbonyl (C=O) groups is 1. The van der Waals surface area contributed by atoms with Crippen LogP contribution in [-0.4, -0.2) is 87.5 Å². The first-order valence-corrected chi connectivity index (χ1v) is 23.7. The van der Waals surface area contributed by atoms with Crippen molar-refractivity contribution in [1.82, 2.24) is 5.32 Å². The van der Waals surface area contributed by atoms with E-state index in [-0.39, 0.29) is 12.5 Å². The van der Waals surface area contributed by atoms with Crippen molar-refractivity contribution in [1.29, 1.82) is 0 Å². The van der Waals surface area contributed by atoms with Crippen LogP contribution in [0.15, 0.2) is 0 Å². The van der Waals surface area contributed by atoms with E-state index in [1.54, 1.807) is 0 Å². The molecule has 9 heteroatoms. The van der Waals surface area contributed by atoms with E-state index in [2.05, 4.69) is 19.2 Å². The van der Waals surface area contributed by atoms with Crippen molar-refractivity contribution >= 4 is 5.91 Å². The Labute approximate surface area is 338 Å². The summed E-state index contributed by atoms with van der Waals surface area (Å²) in [6, 6.07) is -0.709. The highest BCUT2D eigenvalue weighted by atomic mass is 16.7. The van der Waals surface area contributed by atoms with Gasteiger partial charge in [0.1, 0.15) is 24.4 Å². The molecule has 0 aromatic carbocycles. The molecule has 0 bridgehead atoms. The molecule has 328 valence electrons. The fourth-order valence-electron chi connectivity index (χ4n) is 7.87. The van der Waals surface area contributed by atoms with Crippen LogP contribution >= 0.6 is 0 Å². The third kappa shape index (κ3) is 28.3. The summed E-state index contributed by atoms with van der Waals surface area (Å²) in [5.74, 6) is -0.145. The summed E-state index contributed by atoms with van der Waals surface area (Å²) < 4.78 is 11.2. The maximum Gasteiger partial charge on any atom is 0.220 e. The van der Waals surface area contributed by atoms with Crippen molar-refractivity contribution in [2.75, 3.05) is 13.2 Å². The number of nitrogens with one attached hydrogen (secondary N) is 1. The Morgan fingerprint density at radius 3 is 1.29 bits per heavy atom. The van der Waals surface area contributed by atoms with Crippen LogP contribution < -0.4 is 5.32 Å². The minimum absolute atomic E-state index is 0.134. The maximum atomic E-state index is 12.9. The van der Waals surface area contributed by atoms with Crippen molar-refractivity contribution in [3.05, 3.63) is 0 Å². The van der Waals surface area contributed by atoms with E-state index in [9.17, 15) is 30.3 Å². The van der Waals surface area contributed by atoms with Crippen LogP contribution in [0.3, 0.4) is 0 Å². The van der Waals surface area contributed by atoms with Gasteiger partial charge in [-0.15, -0.1) is 0 Å². The monoisotopic (exact) mass is 786 g/mol. The molecule has 0 aliphatic carbocycles. The van der Waals surface area contributed by atoms with Crippen LogP contribution in [0.4, 0.5) is 0 Å². The summed E-state index contributed by atoms with van der Waals surface area (Å²) in [6.45, 7) is 3.78. The summed E-state index contributed by atoms with van der Waals surface area (Å²) in [7, 11) is 0. The second-order valence-electron chi connectivity index (χ2n) is 16.9. The number of amides is 1.